The van der Waals surface area contributed by atoms with Gasteiger partial charge >= 0.3 is 5.97 Å². The van der Waals surface area contributed by atoms with Gasteiger partial charge in [0.1, 0.15) is 6.04 Å². The number of aliphatic carboxylic acids is 1. The van der Waals surface area contributed by atoms with Crippen molar-refractivity contribution >= 4 is 18.6 Å². The van der Waals surface area contributed by atoms with Crippen LogP contribution in [0.25, 0.3) is 0 Å². The third kappa shape index (κ3) is 16.6. The number of nitrogens with one attached hydrogen (secondary N) is 1. The molecule has 0 bridgehead atoms. The fourth-order valence-corrected chi connectivity index (χ4v) is 3.30. The Bertz CT molecular complexity index is 274. The van der Waals surface area contributed by atoms with Crippen LogP contribution < -0.4 is 5.32 Å². The van der Waals surface area contributed by atoms with Gasteiger partial charge in [-0.15, -0.1) is 0 Å². The minimum atomic E-state index is -0.755. The molecule has 0 saturated heterocycles. The van der Waals surface area contributed by atoms with Gasteiger partial charge in [-0.2, -0.15) is 12.6 Å². The zero-order chi connectivity index (χ0) is 17.9. The molecule has 4 heteroatoms. The Balaban J connectivity index is 3.18. The van der Waals surface area contributed by atoms with Crippen LogP contribution in [0.3, 0.4) is 0 Å². The lowest BCUT2D eigenvalue weighted by molar-refractivity contribution is -0.139. The van der Waals surface area contributed by atoms with Crippen LogP contribution in [-0.2, 0) is 4.79 Å². The van der Waals surface area contributed by atoms with E-state index in [1.807, 2.05) is 0 Å². The van der Waals surface area contributed by atoms with Crippen molar-refractivity contribution in [2.45, 2.75) is 109 Å². The van der Waals surface area contributed by atoms with Crippen LogP contribution >= 0.6 is 12.6 Å². The van der Waals surface area contributed by atoms with Crippen molar-refractivity contribution in [3.63, 3.8) is 0 Å². The third-order valence-corrected chi connectivity index (χ3v) is 4.90. The van der Waals surface area contributed by atoms with Crippen molar-refractivity contribution in [2.75, 3.05) is 12.3 Å². The Morgan fingerprint density at radius 1 is 0.833 bits per heavy atom. The van der Waals surface area contributed by atoms with E-state index in [1.165, 1.54) is 83.5 Å². The van der Waals surface area contributed by atoms with Crippen molar-refractivity contribution in [1.29, 1.82) is 0 Å². The first-order valence-corrected chi connectivity index (χ1v) is 10.9. The summed E-state index contributed by atoms with van der Waals surface area (Å²) in [5.74, 6) is -0.141. The predicted octanol–water partition coefficient (Wildman–Crippen LogP) is 5.83. The Hall–Kier alpha value is -0.220. The van der Waals surface area contributed by atoms with Gasteiger partial charge in [0, 0.05) is 0 Å². The summed E-state index contributed by atoms with van der Waals surface area (Å²) in [6, 6.07) is -0.426. The summed E-state index contributed by atoms with van der Waals surface area (Å²) >= 11 is 4.10. The molecule has 0 saturated carbocycles. The quantitative estimate of drug-likeness (QED) is 0.201. The first-order chi connectivity index (χ1) is 11.7. The summed E-state index contributed by atoms with van der Waals surface area (Å²) in [6.07, 6.45) is 19.5. The molecule has 0 radical (unpaired) electrons. The lowest BCUT2D eigenvalue weighted by atomic mass is 10.0. The molecule has 0 aliphatic heterocycles. The van der Waals surface area contributed by atoms with Crippen LogP contribution in [0.5, 0.6) is 0 Å². The second-order valence-corrected chi connectivity index (χ2v) is 7.40. The van der Waals surface area contributed by atoms with Gasteiger partial charge in [-0.05, 0) is 25.1 Å². The van der Waals surface area contributed by atoms with Crippen LogP contribution in [-0.4, -0.2) is 29.4 Å². The predicted molar refractivity (Wildman–Crippen MR) is 108 cm³/mol. The van der Waals surface area contributed by atoms with Gasteiger partial charge in [0.05, 0.1) is 0 Å². The first-order valence-electron chi connectivity index (χ1n) is 10.3. The highest BCUT2D eigenvalue weighted by molar-refractivity contribution is 7.80. The molecule has 2 N–H and O–H groups in total. The standard InChI is InChI=1S/C20H41NO2S/c1-2-3-4-5-6-7-8-9-10-11-12-13-14-15-17-21-19(16-18-24)20(22)23/h19,21,24H,2-18H2,1H3,(H,22,23)/t19-/m0/s1. The molecule has 0 spiro atoms. The van der Waals surface area contributed by atoms with E-state index in [4.69, 9.17) is 5.11 Å². The largest absolute Gasteiger partial charge is 0.480 e. The maximum absolute atomic E-state index is 11.0. The third-order valence-electron chi connectivity index (χ3n) is 4.64. The average Bonchev–Trinajstić information content (AvgIpc) is 2.57. The van der Waals surface area contributed by atoms with E-state index in [0.717, 1.165) is 13.0 Å². The Kier molecular flexibility index (Phi) is 18.9. The SMILES string of the molecule is CCCCCCCCCCCCCCCCN[C@@H](CCS)C(=O)O. The molecule has 0 aromatic carbocycles. The molecule has 144 valence electrons. The van der Waals surface area contributed by atoms with Gasteiger partial charge < -0.3 is 10.4 Å². The number of unbranched alkanes of at least 4 members (excludes halogenated alkanes) is 13. The molecule has 0 aromatic heterocycles. The Morgan fingerprint density at radius 3 is 1.62 bits per heavy atom. The summed E-state index contributed by atoms with van der Waals surface area (Å²) in [6.45, 7) is 3.08. The average molecular weight is 360 g/mol. The van der Waals surface area contributed by atoms with Gasteiger partial charge in [-0.3, -0.25) is 4.79 Å². The molecule has 0 aliphatic rings. The lowest BCUT2D eigenvalue weighted by Crippen LogP contribution is -2.37. The summed E-state index contributed by atoms with van der Waals surface area (Å²) in [5, 5.41) is 12.1. The molecule has 0 aromatic rings. The molecule has 0 rings (SSSR count). The van der Waals surface area contributed by atoms with E-state index < -0.39 is 12.0 Å². The summed E-state index contributed by atoms with van der Waals surface area (Å²) < 4.78 is 0. The topological polar surface area (TPSA) is 49.3 Å². The maximum Gasteiger partial charge on any atom is 0.320 e. The summed E-state index contributed by atoms with van der Waals surface area (Å²) in [4.78, 5) is 11.0. The first kappa shape index (κ1) is 23.8. The van der Waals surface area contributed by atoms with Crippen LogP contribution in [0.2, 0.25) is 0 Å². The minimum Gasteiger partial charge on any atom is -0.480 e. The number of carboxylic acids is 1. The molecule has 0 amide bonds. The fraction of sp³-hybridized carbons (Fsp3) is 0.950. The van der Waals surface area contributed by atoms with Gasteiger partial charge in [0.2, 0.25) is 0 Å². The van der Waals surface area contributed by atoms with E-state index in [0.29, 0.717) is 12.2 Å². The highest BCUT2D eigenvalue weighted by atomic mass is 32.1. The van der Waals surface area contributed by atoms with Gasteiger partial charge in [-0.25, -0.2) is 0 Å². The molecule has 0 aliphatic carbocycles. The number of carboxylic acid groups (broad SMARTS) is 1. The van der Waals surface area contributed by atoms with Crippen molar-refractivity contribution in [3.05, 3.63) is 0 Å². The highest BCUT2D eigenvalue weighted by Crippen LogP contribution is 2.12. The minimum absolute atomic E-state index is 0.426. The van der Waals surface area contributed by atoms with E-state index in [-0.39, 0.29) is 0 Å². The highest BCUT2D eigenvalue weighted by Gasteiger charge is 2.14. The van der Waals surface area contributed by atoms with Crippen molar-refractivity contribution < 1.29 is 9.90 Å². The van der Waals surface area contributed by atoms with E-state index in [2.05, 4.69) is 24.9 Å². The molecule has 3 nitrogen and oxygen atoms in total. The van der Waals surface area contributed by atoms with E-state index in [1.54, 1.807) is 0 Å². The monoisotopic (exact) mass is 359 g/mol. The van der Waals surface area contributed by atoms with Gasteiger partial charge in [0.25, 0.3) is 0 Å². The zero-order valence-corrected chi connectivity index (χ0v) is 16.8. The molecule has 0 unspecified atom stereocenters. The number of hydrogen-bond acceptors (Lipinski definition) is 3. The molecule has 24 heavy (non-hydrogen) atoms. The molecule has 0 heterocycles. The smallest absolute Gasteiger partial charge is 0.320 e. The molecular formula is C20H41NO2S. The number of hydrogen-bond donors (Lipinski definition) is 3. The number of thiol groups is 1. The van der Waals surface area contributed by atoms with Gasteiger partial charge in [-0.1, -0.05) is 90.4 Å². The van der Waals surface area contributed by atoms with Crippen molar-refractivity contribution in [3.8, 4) is 0 Å². The fourth-order valence-electron chi connectivity index (χ4n) is 3.04. The second kappa shape index (κ2) is 19.1. The Morgan fingerprint density at radius 2 is 1.25 bits per heavy atom. The van der Waals surface area contributed by atoms with Crippen molar-refractivity contribution in [2.24, 2.45) is 0 Å². The molecule has 1 atom stereocenters. The number of carbonyl (C=O) groups is 1. The van der Waals surface area contributed by atoms with Crippen LogP contribution in [0.1, 0.15) is 103 Å². The maximum atomic E-state index is 11.0. The van der Waals surface area contributed by atoms with E-state index >= 15 is 0 Å². The summed E-state index contributed by atoms with van der Waals surface area (Å²) in [5.41, 5.74) is 0. The van der Waals surface area contributed by atoms with Crippen LogP contribution in [0.4, 0.5) is 0 Å². The van der Waals surface area contributed by atoms with Crippen LogP contribution in [0, 0.1) is 0 Å². The molecular weight excluding hydrogens is 318 g/mol. The van der Waals surface area contributed by atoms with E-state index in [9.17, 15) is 4.79 Å². The van der Waals surface area contributed by atoms with Crippen molar-refractivity contribution in [1.82, 2.24) is 5.32 Å². The van der Waals surface area contributed by atoms with Crippen LogP contribution in [0.15, 0.2) is 0 Å². The summed E-state index contributed by atoms with van der Waals surface area (Å²) in [7, 11) is 0. The number of rotatable bonds is 19. The normalized spacial score (nSPS) is 12.4. The van der Waals surface area contributed by atoms with Gasteiger partial charge in [0.15, 0.2) is 0 Å². The molecule has 0 fully saturated rings. The second-order valence-electron chi connectivity index (χ2n) is 6.95. The zero-order valence-electron chi connectivity index (χ0n) is 15.9. The lowest BCUT2D eigenvalue weighted by Gasteiger charge is -2.12. The Labute approximate surface area is 155 Å².